The molecule has 2 aliphatic heterocycles. The molecule has 318 valence electrons. The Morgan fingerprint density at radius 2 is 1.33 bits per heavy atom. The monoisotopic (exact) mass is 784 g/mol. The number of aliphatic hydroxyl groups is 9. The van der Waals surface area contributed by atoms with Crippen LogP contribution in [0.1, 0.15) is 113 Å². The second kappa shape index (κ2) is 15.7. The molecule has 2 heterocycles. The molecule has 13 nitrogen and oxygen atoms in total. The predicted octanol–water partition coefficient (Wildman–Crippen LogP) is 2.15. The van der Waals surface area contributed by atoms with Crippen molar-refractivity contribution in [3.8, 4) is 0 Å². The summed E-state index contributed by atoms with van der Waals surface area (Å²) in [5.74, 6) is 0.389. The number of fused-ring (bicyclic) bond motifs is 5. The van der Waals surface area contributed by atoms with Crippen LogP contribution in [-0.2, 0) is 18.9 Å². The van der Waals surface area contributed by atoms with E-state index in [0.717, 1.165) is 44.1 Å². The minimum absolute atomic E-state index is 0.0181. The Balaban J connectivity index is 1.25. The van der Waals surface area contributed by atoms with Gasteiger partial charge in [0.15, 0.2) is 12.6 Å². The third-order valence-electron chi connectivity index (χ3n) is 16.7. The summed E-state index contributed by atoms with van der Waals surface area (Å²) in [4.78, 5) is 0. The van der Waals surface area contributed by atoms with Crippen molar-refractivity contribution in [1.82, 2.24) is 0 Å². The third kappa shape index (κ3) is 7.20. The number of hydrogen-bond donors (Lipinski definition) is 9. The molecule has 0 aromatic carbocycles. The number of ether oxygens (including phenoxy) is 4. The maximum Gasteiger partial charge on any atom is 0.187 e. The molecular formula is C42H72O13. The quantitative estimate of drug-likeness (QED) is 0.145. The van der Waals surface area contributed by atoms with Crippen LogP contribution in [0.15, 0.2) is 11.6 Å². The summed E-state index contributed by atoms with van der Waals surface area (Å²) in [7, 11) is 0. The van der Waals surface area contributed by atoms with E-state index in [4.69, 9.17) is 18.9 Å². The molecular weight excluding hydrogens is 712 g/mol. The molecule has 0 amide bonds. The van der Waals surface area contributed by atoms with E-state index in [9.17, 15) is 46.0 Å². The fourth-order valence-corrected chi connectivity index (χ4v) is 13.2. The lowest BCUT2D eigenvalue weighted by Gasteiger charge is -2.70. The van der Waals surface area contributed by atoms with Crippen LogP contribution >= 0.6 is 0 Å². The summed E-state index contributed by atoms with van der Waals surface area (Å²) in [6.07, 6.45) is -6.62. The van der Waals surface area contributed by atoms with Gasteiger partial charge in [-0.15, -0.1) is 0 Å². The van der Waals surface area contributed by atoms with Gasteiger partial charge < -0.3 is 64.9 Å². The molecule has 6 rings (SSSR count). The van der Waals surface area contributed by atoms with Crippen LogP contribution in [0, 0.1) is 45.3 Å². The molecule has 6 aliphatic rings. The SMILES string of the molecule is CC(C)=CCCC(C)(OC1OC(COC2OC(CO)C(O)C(O)C2O)C(O)C(O)C1O)C1CCC2(C)C1C(O)CC1C3(C)CCC(O)C(C)(C)C3CCC12C. The van der Waals surface area contributed by atoms with Crippen LogP contribution in [0.3, 0.4) is 0 Å². The Morgan fingerprint density at radius 1 is 0.727 bits per heavy atom. The van der Waals surface area contributed by atoms with E-state index in [2.05, 4.69) is 40.7 Å². The van der Waals surface area contributed by atoms with E-state index >= 15 is 0 Å². The summed E-state index contributed by atoms with van der Waals surface area (Å²) in [6, 6.07) is 0. The van der Waals surface area contributed by atoms with Crippen molar-refractivity contribution in [2.75, 3.05) is 13.2 Å². The van der Waals surface area contributed by atoms with Gasteiger partial charge in [0.25, 0.3) is 0 Å². The zero-order valence-corrected chi connectivity index (χ0v) is 34.3. The Kier molecular flexibility index (Phi) is 12.5. The number of allylic oxidation sites excluding steroid dienone is 2. The number of rotatable bonds is 10. The fraction of sp³-hybridized carbons (Fsp3) is 0.952. The highest BCUT2D eigenvalue weighted by Crippen LogP contribution is 2.76. The van der Waals surface area contributed by atoms with E-state index in [1.165, 1.54) is 0 Å². The van der Waals surface area contributed by atoms with Crippen molar-refractivity contribution < 1.29 is 64.9 Å². The topological polar surface area (TPSA) is 219 Å². The lowest BCUT2D eigenvalue weighted by atomic mass is 9.35. The maximum atomic E-state index is 12.4. The zero-order chi connectivity index (χ0) is 40.6. The van der Waals surface area contributed by atoms with Crippen LogP contribution in [0.4, 0.5) is 0 Å². The van der Waals surface area contributed by atoms with Gasteiger partial charge in [-0.25, -0.2) is 0 Å². The van der Waals surface area contributed by atoms with Crippen LogP contribution in [0.5, 0.6) is 0 Å². The molecule has 0 radical (unpaired) electrons. The Labute approximate surface area is 327 Å². The summed E-state index contributed by atoms with van der Waals surface area (Å²) in [5.41, 5.74) is -0.301. The lowest BCUT2D eigenvalue weighted by molar-refractivity contribution is -0.349. The van der Waals surface area contributed by atoms with Crippen molar-refractivity contribution >= 4 is 0 Å². The smallest absolute Gasteiger partial charge is 0.187 e. The molecule has 20 atom stereocenters. The first-order chi connectivity index (χ1) is 25.6. The molecule has 0 aromatic rings. The van der Waals surface area contributed by atoms with Crippen molar-refractivity contribution in [1.29, 1.82) is 0 Å². The zero-order valence-electron chi connectivity index (χ0n) is 34.3. The van der Waals surface area contributed by atoms with Crippen molar-refractivity contribution in [2.24, 2.45) is 45.3 Å². The summed E-state index contributed by atoms with van der Waals surface area (Å²) >= 11 is 0. The Morgan fingerprint density at radius 3 is 1.96 bits per heavy atom. The predicted molar refractivity (Wildman–Crippen MR) is 201 cm³/mol. The van der Waals surface area contributed by atoms with Crippen LogP contribution in [0.25, 0.3) is 0 Å². The van der Waals surface area contributed by atoms with Gasteiger partial charge in [-0.05, 0) is 124 Å². The second-order valence-corrected chi connectivity index (χ2v) is 20.1. The lowest BCUT2D eigenvalue weighted by Crippen LogP contribution is -2.67. The van der Waals surface area contributed by atoms with Gasteiger partial charge in [0.05, 0.1) is 31.0 Å². The Hall–Kier alpha value is -0.780. The standard InChI is InChI=1S/C42H72O13/c1-21(2)10-9-14-42(8,55-37-35(51)33(49)31(47)25(54-37)20-52-36-34(50)32(48)30(46)24(19-43)53-36)22-11-16-41(7)29(22)23(44)18-27-39(5)15-13-28(45)38(3,4)26(39)12-17-40(27,41)6/h10,22-37,43-51H,9,11-20H2,1-8H3. The average molecular weight is 785 g/mol. The van der Waals surface area contributed by atoms with Gasteiger partial charge in [0.1, 0.15) is 48.8 Å². The van der Waals surface area contributed by atoms with Gasteiger partial charge in [-0.1, -0.05) is 46.3 Å². The number of hydrogen-bond acceptors (Lipinski definition) is 13. The minimum atomic E-state index is -1.67. The van der Waals surface area contributed by atoms with Crippen molar-refractivity contribution in [2.45, 2.75) is 192 Å². The molecule has 55 heavy (non-hydrogen) atoms. The highest BCUT2D eigenvalue weighted by molar-refractivity contribution is 5.20. The Bertz CT molecular complexity index is 1370. The first-order valence-corrected chi connectivity index (χ1v) is 20.9. The first kappa shape index (κ1) is 43.8. The van der Waals surface area contributed by atoms with Crippen molar-refractivity contribution in [3.05, 3.63) is 11.6 Å². The van der Waals surface area contributed by atoms with Gasteiger partial charge >= 0.3 is 0 Å². The van der Waals surface area contributed by atoms with E-state index in [1.54, 1.807) is 0 Å². The average Bonchev–Trinajstić information content (AvgIpc) is 3.51. The van der Waals surface area contributed by atoms with E-state index in [1.807, 2.05) is 20.8 Å². The first-order valence-electron chi connectivity index (χ1n) is 20.9. The van der Waals surface area contributed by atoms with Gasteiger partial charge in [-0.3, -0.25) is 0 Å². The van der Waals surface area contributed by atoms with E-state index in [-0.39, 0.29) is 45.5 Å². The molecule has 20 unspecified atom stereocenters. The molecule has 4 aliphatic carbocycles. The summed E-state index contributed by atoms with van der Waals surface area (Å²) in [5, 5.41) is 97.4. The molecule has 9 N–H and O–H groups in total. The van der Waals surface area contributed by atoms with Crippen LogP contribution in [-0.4, -0.2) is 138 Å². The maximum absolute atomic E-state index is 12.4. The highest BCUT2D eigenvalue weighted by atomic mass is 16.7. The summed E-state index contributed by atoms with van der Waals surface area (Å²) in [6.45, 7) is 16.7. The van der Waals surface area contributed by atoms with Crippen LogP contribution < -0.4 is 0 Å². The van der Waals surface area contributed by atoms with E-state index in [0.29, 0.717) is 25.2 Å². The minimum Gasteiger partial charge on any atom is -0.394 e. The van der Waals surface area contributed by atoms with Crippen LogP contribution in [0.2, 0.25) is 0 Å². The van der Waals surface area contributed by atoms with Crippen molar-refractivity contribution in [3.63, 3.8) is 0 Å². The number of aliphatic hydroxyl groups excluding tert-OH is 9. The molecule has 6 fully saturated rings. The van der Waals surface area contributed by atoms with Gasteiger partial charge in [0.2, 0.25) is 0 Å². The van der Waals surface area contributed by atoms with Gasteiger partial charge in [-0.2, -0.15) is 0 Å². The molecule has 0 spiro atoms. The third-order valence-corrected chi connectivity index (χ3v) is 16.7. The fourth-order valence-electron chi connectivity index (χ4n) is 13.2. The molecule has 2 saturated heterocycles. The molecule has 4 saturated carbocycles. The molecule has 13 heteroatoms. The summed E-state index contributed by atoms with van der Waals surface area (Å²) < 4.78 is 24.2. The normalized spacial score (nSPS) is 52.0. The van der Waals surface area contributed by atoms with Gasteiger partial charge in [0, 0.05) is 0 Å². The molecule has 0 bridgehead atoms. The second-order valence-electron chi connectivity index (χ2n) is 20.1. The molecule has 0 aromatic heterocycles. The van der Waals surface area contributed by atoms with E-state index < -0.39 is 86.3 Å². The highest BCUT2D eigenvalue weighted by Gasteiger charge is 2.71. The largest absolute Gasteiger partial charge is 0.394 e.